The summed E-state index contributed by atoms with van der Waals surface area (Å²) in [7, 11) is 0. The van der Waals surface area contributed by atoms with Gasteiger partial charge in [0.2, 0.25) is 0 Å². The minimum absolute atomic E-state index is 0.202. The molecule has 0 aromatic carbocycles. The van der Waals surface area contributed by atoms with Gasteiger partial charge >= 0.3 is 0 Å². The summed E-state index contributed by atoms with van der Waals surface area (Å²) in [5.41, 5.74) is -0.374. The van der Waals surface area contributed by atoms with Crippen molar-refractivity contribution < 1.29 is 10.2 Å². The van der Waals surface area contributed by atoms with Gasteiger partial charge < -0.3 is 15.1 Å². The van der Waals surface area contributed by atoms with Gasteiger partial charge in [0.1, 0.15) is 5.82 Å². The van der Waals surface area contributed by atoms with Gasteiger partial charge in [-0.15, -0.1) is 0 Å². The third-order valence-corrected chi connectivity index (χ3v) is 3.19. The normalized spacial score (nSPS) is 18.8. The number of aromatic nitrogens is 1. The zero-order valence-corrected chi connectivity index (χ0v) is 9.50. The van der Waals surface area contributed by atoms with Crippen LogP contribution in [0.1, 0.15) is 18.4 Å². The zero-order chi connectivity index (χ0) is 12.3. The van der Waals surface area contributed by atoms with Gasteiger partial charge in [0, 0.05) is 19.3 Å². The van der Waals surface area contributed by atoms with Crippen molar-refractivity contribution in [3.05, 3.63) is 23.9 Å². The summed E-state index contributed by atoms with van der Waals surface area (Å²) >= 11 is 0. The molecule has 2 rings (SSSR count). The summed E-state index contributed by atoms with van der Waals surface area (Å²) in [5.74, 6) is 0.754. The van der Waals surface area contributed by atoms with E-state index in [0.29, 0.717) is 31.5 Å². The molecule has 5 nitrogen and oxygen atoms in total. The van der Waals surface area contributed by atoms with Crippen molar-refractivity contribution in [2.24, 2.45) is 0 Å². The van der Waals surface area contributed by atoms with Crippen LogP contribution in [0.2, 0.25) is 0 Å². The number of rotatable bonds is 2. The van der Waals surface area contributed by atoms with E-state index >= 15 is 0 Å². The van der Waals surface area contributed by atoms with E-state index in [0.717, 1.165) is 5.82 Å². The fraction of sp³-hybridized carbons (Fsp3) is 0.500. The maximum absolute atomic E-state index is 9.90. The number of aliphatic hydroxyl groups is 2. The van der Waals surface area contributed by atoms with Gasteiger partial charge in [-0.2, -0.15) is 5.26 Å². The van der Waals surface area contributed by atoms with E-state index in [2.05, 4.69) is 11.1 Å². The first kappa shape index (κ1) is 11.8. The third-order valence-electron chi connectivity index (χ3n) is 3.19. The molecule has 1 aromatic rings. The number of aliphatic hydroxyl groups excluding tert-OH is 1. The Kier molecular flexibility index (Phi) is 3.27. The van der Waals surface area contributed by atoms with Crippen LogP contribution >= 0.6 is 0 Å². The summed E-state index contributed by atoms with van der Waals surface area (Å²) in [4.78, 5) is 6.23. The monoisotopic (exact) mass is 233 g/mol. The van der Waals surface area contributed by atoms with E-state index in [1.165, 1.54) is 0 Å². The van der Waals surface area contributed by atoms with Crippen LogP contribution in [-0.2, 0) is 0 Å². The molecule has 0 unspecified atom stereocenters. The highest BCUT2D eigenvalue weighted by molar-refractivity contribution is 5.45. The van der Waals surface area contributed by atoms with E-state index < -0.39 is 5.60 Å². The van der Waals surface area contributed by atoms with E-state index in [4.69, 9.17) is 10.4 Å². The van der Waals surface area contributed by atoms with E-state index in [1.54, 1.807) is 18.3 Å². The average molecular weight is 233 g/mol. The summed E-state index contributed by atoms with van der Waals surface area (Å²) in [6, 6.07) is 5.48. The minimum Gasteiger partial charge on any atom is -0.393 e. The highest BCUT2D eigenvalue weighted by Gasteiger charge is 2.31. The maximum atomic E-state index is 9.90. The molecule has 90 valence electrons. The molecule has 17 heavy (non-hydrogen) atoms. The van der Waals surface area contributed by atoms with Gasteiger partial charge in [-0.05, 0) is 25.0 Å². The van der Waals surface area contributed by atoms with Crippen LogP contribution in [0.25, 0.3) is 0 Å². The molecule has 0 saturated carbocycles. The second kappa shape index (κ2) is 4.70. The third kappa shape index (κ3) is 2.54. The maximum Gasteiger partial charge on any atom is 0.129 e. The Morgan fingerprint density at radius 1 is 1.47 bits per heavy atom. The predicted octanol–water partition coefficient (Wildman–Crippen LogP) is 0.277. The van der Waals surface area contributed by atoms with Crippen LogP contribution in [0, 0.1) is 11.3 Å². The SMILES string of the molecule is N#Cc1ccnc(N2CCC(O)(CO)CC2)c1. The number of pyridine rings is 1. The Balaban J connectivity index is 2.08. The minimum atomic E-state index is -0.955. The van der Waals surface area contributed by atoms with Gasteiger partial charge in [0.05, 0.1) is 23.8 Å². The molecule has 1 fully saturated rings. The van der Waals surface area contributed by atoms with Crippen molar-refractivity contribution in [1.29, 1.82) is 5.26 Å². The van der Waals surface area contributed by atoms with Crippen LogP contribution < -0.4 is 4.90 Å². The van der Waals surface area contributed by atoms with Crippen molar-refractivity contribution in [2.75, 3.05) is 24.6 Å². The lowest BCUT2D eigenvalue weighted by molar-refractivity contribution is -0.0326. The molecule has 2 N–H and O–H groups in total. The summed E-state index contributed by atoms with van der Waals surface area (Å²) in [6.07, 6.45) is 2.64. The average Bonchev–Trinajstić information content (AvgIpc) is 2.40. The molecule has 0 radical (unpaired) electrons. The van der Waals surface area contributed by atoms with Gasteiger partial charge in [0.25, 0.3) is 0 Å². The molecule has 1 aliphatic heterocycles. The lowest BCUT2D eigenvalue weighted by Crippen LogP contribution is -2.46. The van der Waals surface area contributed by atoms with E-state index in [-0.39, 0.29) is 6.61 Å². The molecular formula is C12H15N3O2. The number of anilines is 1. The van der Waals surface area contributed by atoms with Crippen LogP contribution in [0.3, 0.4) is 0 Å². The largest absolute Gasteiger partial charge is 0.393 e. The van der Waals surface area contributed by atoms with Gasteiger partial charge in [-0.25, -0.2) is 4.98 Å². The fourth-order valence-corrected chi connectivity index (χ4v) is 1.97. The number of hydrogen-bond acceptors (Lipinski definition) is 5. The first-order valence-electron chi connectivity index (χ1n) is 5.61. The molecule has 0 spiro atoms. The summed E-state index contributed by atoms with van der Waals surface area (Å²) in [6.45, 7) is 1.07. The zero-order valence-electron chi connectivity index (χ0n) is 9.50. The van der Waals surface area contributed by atoms with Gasteiger partial charge in [-0.1, -0.05) is 0 Å². The summed E-state index contributed by atoms with van der Waals surface area (Å²) < 4.78 is 0. The van der Waals surface area contributed by atoms with E-state index in [9.17, 15) is 5.11 Å². The molecule has 0 aliphatic carbocycles. The molecule has 1 saturated heterocycles. The number of piperidine rings is 1. The Morgan fingerprint density at radius 3 is 2.76 bits per heavy atom. The van der Waals surface area contributed by atoms with Crippen molar-refractivity contribution in [3.63, 3.8) is 0 Å². The highest BCUT2D eigenvalue weighted by atomic mass is 16.3. The molecule has 0 amide bonds. The number of nitriles is 1. The van der Waals surface area contributed by atoms with Gasteiger partial charge in [-0.3, -0.25) is 0 Å². The standard InChI is InChI=1S/C12H15N3O2/c13-8-10-1-4-14-11(7-10)15-5-2-12(17,9-16)3-6-15/h1,4,7,16-17H,2-3,5-6,9H2. The molecule has 0 atom stereocenters. The Morgan fingerprint density at radius 2 is 2.18 bits per heavy atom. The second-order valence-corrected chi connectivity index (χ2v) is 4.38. The first-order valence-corrected chi connectivity index (χ1v) is 5.61. The summed E-state index contributed by atoms with van der Waals surface area (Å²) in [5, 5.41) is 27.8. The van der Waals surface area contributed by atoms with Gasteiger partial charge in [0.15, 0.2) is 0 Å². The molecule has 2 heterocycles. The molecule has 5 heteroatoms. The Labute approximate surface area is 99.9 Å². The van der Waals surface area contributed by atoms with Crippen LogP contribution in [0.15, 0.2) is 18.3 Å². The smallest absolute Gasteiger partial charge is 0.129 e. The number of nitrogens with zero attached hydrogens (tertiary/aromatic N) is 3. The highest BCUT2D eigenvalue weighted by Crippen LogP contribution is 2.24. The topological polar surface area (TPSA) is 80.4 Å². The van der Waals surface area contributed by atoms with Crippen LogP contribution in [0.5, 0.6) is 0 Å². The molecular weight excluding hydrogens is 218 g/mol. The quantitative estimate of drug-likeness (QED) is 0.766. The van der Waals surface area contributed by atoms with Crippen molar-refractivity contribution in [3.8, 4) is 6.07 Å². The lowest BCUT2D eigenvalue weighted by atomic mass is 9.92. The lowest BCUT2D eigenvalue weighted by Gasteiger charge is -2.37. The molecule has 1 aromatic heterocycles. The van der Waals surface area contributed by atoms with Crippen LogP contribution in [-0.4, -0.2) is 40.5 Å². The Bertz CT molecular complexity index is 434. The predicted molar refractivity (Wildman–Crippen MR) is 62.4 cm³/mol. The van der Waals surface area contributed by atoms with Crippen LogP contribution in [0.4, 0.5) is 5.82 Å². The molecule has 0 bridgehead atoms. The van der Waals surface area contributed by atoms with E-state index in [1.807, 2.05) is 4.90 Å². The second-order valence-electron chi connectivity index (χ2n) is 4.38. The Hall–Kier alpha value is -1.64. The first-order chi connectivity index (χ1) is 8.17. The fourth-order valence-electron chi connectivity index (χ4n) is 1.97. The number of hydrogen-bond donors (Lipinski definition) is 2. The van der Waals surface area contributed by atoms with Crippen molar-refractivity contribution in [2.45, 2.75) is 18.4 Å². The molecule has 1 aliphatic rings. The van der Waals surface area contributed by atoms with Crippen molar-refractivity contribution >= 4 is 5.82 Å². The van der Waals surface area contributed by atoms with Crippen molar-refractivity contribution in [1.82, 2.24) is 4.98 Å².